The van der Waals surface area contributed by atoms with Gasteiger partial charge in [0.15, 0.2) is 0 Å². The van der Waals surface area contributed by atoms with Gasteiger partial charge in [-0.2, -0.15) is 0 Å². The number of carbonyl (C=O) groups is 1. The number of benzene rings is 1. The SMILES string of the molecule is CCC(C)COC(=O)c1ccccc1SC. The molecule has 0 heterocycles. The van der Waals surface area contributed by atoms with Crippen molar-refractivity contribution in [2.75, 3.05) is 12.9 Å². The third-order valence-electron chi connectivity index (χ3n) is 2.52. The molecule has 16 heavy (non-hydrogen) atoms. The molecule has 1 unspecified atom stereocenters. The Morgan fingerprint density at radius 1 is 1.44 bits per heavy atom. The summed E-state index contributed by atoms with van der Waals surface area (Å²) >= 11 is 1.56. The summed E-state index contributed by atoms with van der Waals surface area (Å²) in [7, 11) is 0. The Bertz CT molecular complexity index is 350. The molecule has 0 aliphatic carbocycles. The lowest BCUT2D eigenvalue weighted by atomic mass is 10.1. The fraction of sp³-hybridized carbons (Fsp3) is 0.462. The first-order valence-electron chi connectivity index (χ1n) is 5.49. The van der Waals surface area contributed by atoms with Gasteiger partial charge in [0.2, 0.25) is 0 Å². The molecule has 3 heteroatoms. The van der Waals surface area contributed by atoms with E-state index in [9.17, 15) is 4.79 Å². The average Bonchev–Trinajstić information content (AvgIpc) is 2.35. The lowest BCUT2D eigenvalue weighted by Crippen LogP contribution is -2.12. The molecule has 0 spiro atoms. The maximum absolute atomic E-state index is 11.8. The number of hydrogen-bond donors (Lipinski definition) is 0. The van der Waals surface area contributed by atoms with Crippen molar-refractivity contribution in [1.29, 1.82) is 0 Å². The second kappa shape index (κ2) is 6.59. The highest BCUT2D eigenvalue weighted by atomic mass is 32.2. The maximum atomic E-state index is 11.8. The first kappa shape index (κ1) is 13.1. The van der Waals surface area contributed by atoms with E-state index in [2.05, 4.69) is 13.8 Å². The predicted molar refractivity (Wildman–Crippen MR) is 68.0 cm³/mol. The highest BCUT2D eigenvalue weighted by molar-refractivity contribution is 7.98. The van der Waals surface area contributed by atoms with E-state index in [4.69, 9.17) is 4.74 Å². The van der Waals surface area contributed by atoms with Crippen LogP contribution in [0.1, 0.15) is 30.6 Å². The van der Waals surface area contributed by atoms with Crippen LogP contribution in [-0.4, -0.2) is 18.8 Å². The van der Waals surface area contributed by atoms with Gasteiger partial charge in [0.1, 0.15) is 0 Å². The van der Waals surface area contributed by atoms with Crippen LogP contribution in [0.2, 0.25) is 0 Å². The largest absolute Gasteiger partial charge is 0.462 e. The summed E-state index contributed by atoms with van der Waals surface area (Å²) in [6, 6.07) is 7.53. The van der Waals surface area contributed by atoms with Gasteiger partial charge < -0.3 is 4.74 Å². The van der Waals surface area contributed by atoms with Crippen LogP contribution in [0.5, 0.6) is 0 Å². The van der Waals surface area contributed by atoms with Gasteiger partial charge in [-0.1, -0.05) is 32.4 Å². The normalized spacial score (nSPS) is 12.2. The lowest BCUT2D eigenvalue weighted by Gasteiger charge is -2.11. The van der Waals surface area contributed by atoms with Crippen molar-refractivity contribution in [3.8, 4) is 0 Å². The van der Waals surface area contributed by atoms with E-state index in [1.165, 1.54) is 0 Å². The molecule has 2 nitrogen and oxygen atoms in total. The Morgan fingerprint density at radius 2 is 2.12 bits per heavy atom. The van der Waals surface area contributed by atoms with Crippen LogP contribution < -0.4 is 0 Å². The third kappa shape index (κ3) is 3.56. The van der Waals surface area contributed by atoms with Crippen molar-refractivity contribution in [3.63, 3.8) is 0 Å². The lowest BCUT2D eigenvalue weighted by molar-refractivity contribution is 0.0443. The van der Waals surface area contributed by atoms with Crippen LogP contribution in [0.4, 0.5) is 0 Å². The van der Waals surface area contributed by atoms with Gasteiger partial charge in [-0.25, -0.2) is 4.79 Å². The minimum absolute atomic E-state index is 0.217. The molecule has 1 rings (SSSR count). The van der Waals surface area contributed by atoms with Crippen molar-refractivity contribution in [2.24, 2.45) is 5.92 Å². The molecule has 0 saturated heterocycles. The van der Waals surface area contributed by atoms with Crippen molar-refractivity contribution >= 4 is 17.7 Å². The number of rotatable bonds is 5. The van der Waals surface area contributed by atoms with Crippen molar-refractivity contribution in [2.45, 2.75) is 25.2 Å². The van der Waals surface area contributed by atoms with E-state index < -0.39 is 0 Å². The molecule has 0 amide bonds. The van der Waals surface area contributed by atoms with Gasteiger partial charge in [0.25, 0.3) is 0 Å². The van der Waals surface area contributed by atoms with Crippen LogP contribution in [-0.2, 0) is 4.74 Å². The summed E-state index contributed by atoms with van der Waals surface area (Å²) in [5.74, 6) is 0.204. The highest BCUT2D eigenvalue weighted by Crippen LogP contribution is 2.20. The molecule has 0 N–H and O–H groups in total. The predicted octanol–water partition coefficient (Wildman–Crippen LogP) is 3.61. The van der Waals surface area contributed by atoms with Crippen LogP contribution >= 0.6 is 11.8 Å². The Labute approximate surface area is 101 Å². The molecular weight excluding hydrogens is 220 g/mol. The number of carbonyl (C=O) groups excluding carboxylic acids is 1. The quantitative estimate of drug-likeness (QED) is 0.579. The fourth-order valence-corrected chi connectivity index (χ4v) is 1.81. The summed E-state index contributed by atoms with van der Waals surface area (Å²) in [5, 5.41) is 0. The van der Waals surface area contributed by atoms with Crippen molar-refractivity contribution in [3.05, 3.63) is 29.8 Å². The van der Waals surface area contributed by atoms with Gasteiger partial charge in [0.05, 0.1) is 12.2 Å². The number of esters is 1. The van der Waals surface area contributed by atoms with E-state index in [0.717, 1.165) is 11.3 Å². The van der Waals surface area contributed by atoms with Crippen LogP contribution in [0.25, 0.3) is 0 Å². The van der Waals surface area contributed by atoms with Gasteiger partial charge in [-0.05, 0) is 24.3 Å². The molecule has 0 aromatic heterocycles. The Morgan fingerprint density at radius 3 is 2.75 bits per heavy atom. The smallest absolute Gasteiger partial charge is 0.339 e. The molecule has 0 saturated carbocycles. The minimum Gasteiger partial charge on any atom is -0.462 e. The monoisotopic (exact) mass is 238 g/mol. The first-order chi connectivity index (χ1) is 7.69. The molecule has 0 bridgehead atoms. The zero-order valence-corrected chi connectivity index (χ0v) is 10.8. The zero-order chi connectivity index (χ0) is 12.0. The Kier molecular flexibility index (Phi) is 5.39. The second-order valence-corrected chi connectivity index (χ2v) is 4.66. The number of thioether (sulfide) groups is 1. The molecule has 1 atom stereocenters. The molecule has 0 fully saturated rings. The second-order valence-electron chi connectivity index (χ2n) is 3.81. The van der Waals surface area contributed by atoms with E-state index >= 15 is 0 Å². The zero-order valence-electron chi connectivity index (χ0n) is 10.0. The van der Waals surface area contributed by atoms with Gasteiger partial charge in [-0.15, -0.1) is 11.8 Å². The van der Waals surface area contributed by atoms with Gasteiger partial charge in [0, 0.05) is 4.90 Å². The molecule has 1 aromatic carbocycles. The van der Waals surface area contributed by atoms with Crippen LogP contribution in [0, 0.1) is 5.92 Å². The average molecular weight is 238 g/mol. The Balaban J connectivity index is 2.65. The third-order valence-corrected chi connectivity index (χ3v) is 3.32. The number of ether oxygens (including phenoxy) is 1. The van der Waals surface area contributed by atoms with E-state index in [1.54, 1.807) is 11.8 Å². The van der Waals surface area contributed by atoms with Crippen LogP contribution in [0.3, 0.4) is 0 Å². The molecule has 0 aliphatic heterocycles. The summed E-state index contributed by atoms with van der Waals surface area (Å²) in [6.07, 6.45) is 2.98. The summed E-state index contributed by atoms with van der Waals surface area (Å²) in [4.78, 5) is 12.8. The summed E-state index contributed by atoms with van der Waals surface area (Å²) in [5.41, 5.74) is 0.665. The topological polar surface area (TPSA) is 26.3 Å². The van der Waals surface area contributed by atoms with Crippen molar-refractivity contribution < 1.29 is 9.53 Å². The summed E-state index contributed by atoms with van der Waals surface area (Å²) in [6.45, 7) is 4.67. The molecule has 0 aliphatic rings. The fourth-order valence-electron chi connectivity index (χ4n) is 1.23. The Hall–Kier alpha value is -0.960. The van der Waals surface area contributed by atoms with Gasteiger partial charge >= 0.3 is 5.97 Å². The van der Waals surface area contributed by atoms with E-state index in [-0.39, 0.29) is 5.97 Å². The molecular formula is C13H18O2S. The standard InChI is InChI=1S/C13H18O2S/c1-4-10(2)9-15-13(14)11-7-5-6-8-12(11)16-3/h5-8,10H,4,9H2,1-3H3. The molecule has 1 aromatic rings. The number of hydrogen-bond acceptors (Lipinski definition) is 3. The van der Waals surface area contributed by atoms with Crippen molar-refractivity contribution in [1.82, 2.24) is 0 Å². The van der Waals surface area contributed by atoms with E-state index in [0.29, 0.717) is 18.1 Å². The molecule has 0 radical (unpaired) electrons. The van der Waals surface area contributed by atoms with E-state index in [1.807, 2.05) is 30.5 Å². The summed E-state index contributed by atoms with van der Waals surface area (Å²) < 4.78 is 5.27. The first-order valence-corrected chi connectivity index (χ1v) is 6.71. The van der Waals surface area contributed by atoms with Crippen LogP contribution in [0.15, 0.2) is 29.2 Å². The highest BCUT2D eigenvalue weighted by Gasteiger charge is 2.12. The minimum atomic E-state index is -0.217. The van der Waals surface area contributed by atoms with Gasteiger partial charge in [-0.3, -0.25) is 0 Å². The molecule has 88 valence electrons. The maximum Gasteiger partial charge on any atom is 0.339 e.